The second-order valence-corrected chi connectivity index (χ2v) is 4.44. The Balaban J connectivity index is 1.88. The van der Waals surface area contributed by atoms with E-state index in [1.807, 2.05) is 35.1 Å². The van der Waals surface area contributed by atoms with E-state index in [1.54, 1.807) is 12.5 Å². The molecular formula is C14H15N5. The molecule has 0 aliphatic heterocycles. The van der Waals surface area contributed by atoms with Crippen LogP contribution in [-0.2, 0) is 6.54 Å². The molecule has 2 heterocycles. The van der Waals surface area contributed by atoms with Gasteiger partial charge in [0.05, 0.1) is 6.04 Å². The highest BCUT2D eigenvalue weighted by atomic mass is 15.3. The Hall–Kier alpha value is -2.43. The van der Waals surface area contributed by atoms with E-state index in [1.165, 1.54) is 5.56 Å². The van der Waals surface area contributed by atoms with Crippen molar-refractivity contribution in [2.75, 3.05) is 0 Å². The van der Waals surface area contributed by atoms with Crippen LogP contribution in [0.1, 0.15) is 24.4 Å². The lowest BCUT2D eigenvalue weighted by Gasteiger charge is -2.15. The third kappa shape index (κ3) is 2.40. The summed E-state index contributed by atoms with van der Waals surface area (Å²) in [7, 11) is 0. The Bertz CT molecular complexity index is 627. The molecule has 96 valence electrons. The molecule has 0 amide bonds. The average Bonchev–Trinajstić information content (AvgIpc) is 3.11. The Morgan fingerprint density at radius 1 is 1.16 bits per heavy atom. The lowest BCUT2D eigenvalue weighted by Crippen LogP contribution is -2.13. The van der Waals surface area contributed by atoms with Gasteiger partial charge >= 0.3 is 0 Å². The van der Waals surface area contributed by atoms with Gasteiger partial charge in [0.2, 0.25) is 0 Å². The van der Waals surface area contributed by atoms with Crippen molar-refractivity contribution >= 4 is 0 Å². The van der Waals surface area contributed by atoms with E-state index in [0.29, 0.717) is 6.54 Å². The topological polar surface area (TPSA) is 48.5 Å². The molecule has 0 spiro atoms. The minimum Gasteiger partial charge on any atom is -0.309 e. The largest absolute Gasteiger partial charge is 0.309 e. The lowest BCUT2D eigenvalue weighted by molar-refractivity contribution is 0.561. The van der Waals surface area contributed by atoms with Crippen LogP contribution in [0.25, 0.3) is 0 Å². The van der Waals surface area contributed by atoms with Crippen molar-refractivity contribution in [3.05, 3.63) is 66.5 Å². The second-order valence-electron chi connectivity index (χ2n) is 4.44. The van der Waals surface area contributed by atoms with Gasteiger partial charge in [-0.25, -0.2) is 0 Å². The first-order chi connectivity index (χ1) is 9.34. The van der Waals surface area contributed by atoms with Crippen LogP contribution in [0.3, 0.4) is 0 Å². The summed E-state index contributed by atoms with van der Waals surface area (Å²) in [6.45, 7) is 2.77. The molecule has 0 bridgehead atoms. The Labute approximate surface area is 111 Å². The van der Waals surface area contributed by atoms with E-state index in [-0.39, 0.29) is 6.04 Å². The van der Waals surface area contributed by atoms with E-state index >= 15 is 0 Å². The highest BCUT2D eigenvalue weighted by Gasteiger charge is 2.13. The highest BCUT2D eigenvalue weighted by molar-refractivity contribution is 5.19. The maximum Gasteiger partial charge on any atom is 0.155 e. The van der Waals surface area contributed by atoms with Crippen molar-refractivity contribution in [3.63, 3.8) is 0 Å². The average molecular weight is 253 g/mol. The summed E-state index contributed by atoms with van der Waals surface area (Å²) in [6, 6.07) is 12.5. The van der Waals surface area contributed by atoms with Crippen LogP contribution in [0.5, 0.6) is 0 Å². The first-order valence-corrected chi connectivity index (χ1v) is 6.25. The van der Waals surface area contributed by atoms with Crippen molar-refractivity contribution in [2.24, 2.45) is 0 Å². The molecule has 1 aromatic carbocycles. The first-order valence-electron chi connectivity index (χ1n) is 6.25. The quantitative estimate of drug-likeness (QED) is 0.715. The van der Waals surface area contributed by atoms with Crippen LogP contribution in [-0.4, -0.2) is 24.5 Å². The fraction of sp³-hybridized carbons (Fsp3) is 0.214. The molecule has 0 aliphatic carbocycles. The number of nitrogens with zero attached hydrogens (tertiary/aromatic N) is 5. The fourth-order valence-corrected chi connectivity index (χ4v) is 2.13. The van der Waals surface area contributed by atoms with Gasteiger partial charge in [-0.1, -0.05) is 30.3 Å². The predicted molar refractivity (Wildman–Crippen MR) is 71.6 cm³/mol. The van der Waals surface area contributed by atoms with E-state index in [9.17, 15) is 0 Å². The van der Waals surface area contributed by atoms with Crippen molar-refractivity contribution in [1.82, 2.24) is 24.5 Å². The molecule has 3 aromatic rings. The van der Waals surface area contributed by atoms with Gasteiger partial charge in [-0.15, -0.1) is 10.2 Å². The summed E-state index contributed by atoms with van der Waals surface area (Å²) in [6.07, 6.45) is 5.46. The molecule has 0 unspecified atom stereocenters. The number of rotatable bonds is 4. The highest BCUT2D eigenvalue weighted by Crippen LogP contribution is 2.18. The maximum absolute atomic E-state index is 4.20. The van der Waals surface area contributed by atoms with Crippen LogP contribution in [0.4, 0.5) is 0 Å². The second kappa shape index (κ2) is 5.06. The molecule has 19 heavy (non-hydrogen) atoms. The molecule has 3 rings (SSSR count). The van der Waals surface area contributed by atoms with Gasteiger partial charge in [0.1, 0.15) is 12.9 Å². The van der Waals surface area contributed by atoms with Gasteiger partial charge in [0.25, 0.3) is 0 Å². The molecule has 5 nitrogen and oxygen atoms in total. The van der Waals surface area contributed by atoms with Crippen molar-refractivity contribution in [2.45, 2.75) is 19.5 Å². The Morgan fingerprint density at radius 2 is 2.00 bits per heavy atom. The van der Waals surface area contributed by atoms with E-state index in [4.69, 9.17) is 0 Å². The molecule has 0 N–H and O–H groups in total. The molecular weight excluding hydrogens is 238 g/mol. The maximum atomic E-state index is 4.20. The van der Waals surface area contributed by atoms with Gasteiger partial charge in [-0.05, 0) is 18.6 Å². The minimum absolute atomic E-state index is 0.210. The summed E-state index contributed by atoms with van der Waals surface area (Å²) in [5.74, 6) is 0.903. The zero-order valence-corrected chi connectivity index (χ0v) is 10.7. The van der Waals surface area contributed by atoms with Crippen LogP contribution in [0.15, 0.2) is 55.1 Å². The molecule has 1 atom stereocenters. The Kier molecular flexibility index (Phi) is 3.10. The Morgan fingerprint density at radius 3 is 2.74 bits per heavy atom. The zero-order valence-electron chi connectivity index (χ0n) is 10.7. The standard InChI is InChI=1S/C14H15N5/c1-12(13-6-3-2-4-7-13)19-11-15-17-14(19)10-18-9-5-8-16-18/h2-9,11-12H,10H2,1H3/t12-/m0/s1. The predicted octanol–water partition coefficient (Wildman–Crippen LogP) is 2.13. The summed E-state index contributed by atoms with van der Waals surface area (Å²) in [4.78, 5) is 0. The molecule has 0 fully saturated rings. The summed E-state index contributed by atoms with van der Waals surface area (Å²) < 4.78 is 3.93. The molecule has 5 heteroatoms. The third-order valence-electron chi connectivity index (χ3n) is 3.21. The van der Waals surface area contributed by atoms with Crippen molar-refractivity contribution < 1.29 is 0 Å². The number of benzene rings is 1. The molecule has 2 aromatic heterocycles. The molecule has 0 saturated carbocycles. The minimum atomic E-state index is 0.210. The van der Waals surface area contributed by atoms with Gasteiger partial charge in [0, 0.05) is 12.4 Å². The van der Waals surface area contributed by atoms with E-state index in [0.717, 1.165) is 5.82 Å². The van der Waals surface area contributed by atoms with E-state index < -0.39 is 0 Å². The van der Waals surface area contributed by atoms with Gasteiger partial charge in [-0.2, -0.15) is 5.10 Å². The molecule has 0 radical (unpaired) electrons. The van der Waals surface area contributed by atoms with E-state index in [2.05, 4.69) is 38.9 Å². The van der Waals surface area contributed by atoms with Crippen LogP contribution >= 0.6 is 0 Å². The number of hydrogen-bond donors (Lipinski definition) is 0. The smallest absolute Gasteiger partial charge is 0.155 e. The first kappa shape index (κ1) is 11.6. The number of aromatic nitrogens is 5. The fourth-order valence-electron chi connectivity index (χ4n) is 2.13. The summed E-state index contributed by atoms with van der Waals surface area (Å²) >= 11 is 0. The van der Waals surface area contributed by atoms with Gasteiger partial charge in [-0.3, -0.25) is 4.68 Å². The third-order valence-corrected chi connectivity index (χ3v) is 3.21. The zero-order chi connectivity index (χ0) is 13.1. The normalized spacial score (nSPS) is 12.5. The summed E-state index contributed by atoms with van der Waals surface area (Å²) in [5.41, 5.74) is 1.24. The van der Waals surface area contributed by atoms with Crippen molar-refractivity contribution in [3.8, 4) is 0 Å². The molecule has 0 aliphatic rings. The molecule has 0 saturated heterocycles. The van der Waals surface area contributed by atoms with Crippen LogP contribution in [0, 0.1) is 0 Å². The van der Waals surface area contributed by atoms with Gasteiger partial charge < -0.3 is 4.57 Å². The summed E-state index contributed by atoms with van der Waals surface area (Å²) in [5, 5.41) is 12.4. The van der Waals surface area contributed by atoms with Crippen LogP contribution in [0.2, 0.25) is 0 Å². The lowest BCUT2D eigenvalue weighted by atomic mass is 10.1. The number of hydrogen-bond acceptors (Lipinski definition) is 3. The van der Waals surface area contributed by atoms with Gasteiger partial charge in [0.15, 0.2) is 5.82 Å². The van der Waals surface area contributed by atoms with Crippen molar-refractivity contribution in [1.29, 1.82) is 0 Å². The monoisotopic (exact) mass is 253 g/mol. The van der Waals surface area contributed by atoms with Crippen LogP contribution < -0.4 is 0 Å². The SMILES string of the molecule is C[C@@H](c1ccccc1)n1cnnc1Cn1cccn1.